The van der Waals surface area contributed by atoms with Crippen molar-refractivity contribution in [3.8, 4) is 17.4 Å². The van der Waals surface area contributed by atoms with Gasteiger partial charge in [0.1, 0.15) is 5.56 Å². The molecule has 0 saturated heterocycles. The molecule has 0 fully saturated rings. The normalized spacial score (nSPS) is 10.4. The fraction of sp³-hybridized carbons (Fsp3) is 0.286. The number of aromatic hydroxyl groups is 1. The second-order valence-electron chi connectivity index (χ2n) is 4.14. The fourth-order valence-corrected chi connectivity index (χ4v) is 2.08. The molecule has 0 bridgehead atoms. The number of rotatable bonds is 3. The molecule has 1 N–H and O–H groups in total. The Balaban J connectivity index is 2.89. The maximum Gasteiger partial charge on any atom is 0.344 e. The van der Waals surface area contributed by atoms with Crippen LogP contribution in [0, 0.1) is 6.92 Å². The van der Waals surface area contributed by atoms with Gasteiger partial charge in [0.15, 0.2) is 11.5 Å². The van der Waals surface area contributed by atoms with E-state index < -0.39 is 5.97 Å². The number of hydrogen-bond acceptors (Lipinski definition) is 6. The van der Waals surface area contributed by atoms with E-state index in [4.69, 9.17) is 9.47 Å². The molecule has 20 heavy (non-hydrogen) atoms. The highest BCUT2D eigenvalue weighted by molar-refractivity contribution is 6.07. The van der Waals surface area contributed by atoms with Crippen LogP contribution in [0.15, 0.2) is 12.1 Å². The van der Waals surface area contributed by atoms with Crippen LogP contribution in [0.3, 0.4) is 0 Å². The van der Waals surface area contributed by atoms with Crippen molar-refractivity contribution in [1.82, 2.24) is 4.98 Å². The summed E-state index contributed by atoms with van der Waals surface area (Å²) in [5.74, 6) is -0.0529. The lowest BCUT2D eigenvalue weighted by atomic mass is 10.0. The minimum atomic E-state index is -0.660. The van der Waals surface area contributed by atoms with Gasteiger partial charge in [-0.25, -0.2) is 9.78 Å². The van der Waals surface area contributed by atoms with Gasteiger partial charge in [0, 0.05) is 16.5 Å². The van der Waals surface area contributed by atoms with Crippen molar-refractivity contribution < 1.29 is 24.1 Å². The van der Waals surface area contributed by atoms with Crippen molar-refractivity contribution in [2.45, 2.75) is 6.92 Å². The van der Waals surface area contributed by atoms with E-state index in [1.807, 2.05) is 0 Å². The molecule has 0 saturated carbocycles. The Morgan fingerprint density at radius 1 is 1.10 bits per heavy atom. The maximum absolute atomic E-state index is 11.8. The maximum atomic E-state index is 11.8. The Kier molecular flexibility index (Phi) is 3.65. The summed E-state index contributed by atoms with van der Waals surface area (Å²) < 4.78 is 15.1. The van der Waals surface area contributed by atoms with Crippen molar-refractivity contribution in [1.29, 1.82) is 0 Å². The number of methoxy groups -OCH3 is 3. The summed E-state index contributed by atoms with van der Waals surface area (Å²) in [6.07, 6.45) is 0. The first-order valence-electron chi connectivity index (χ1n) is 5.87. The van der Waals surface area contributed by atoms with Crippen molar-refractivity contribution in [2.24, 2.45) is 0 Å². The zero-order valence-corrected chi connectivity index (χ0v) is 11.7. The van der Waals surface area contributed by atoms with E-state index >= 15 is 0 Å². The smallest absolute Gasteiger partial charge is 0.344 e. The summed E-state index contributed by atoms with van der Waals surface area (Å²) in [5, 5.41) is 11.1. The van der Waals surface area contributed by atoms with E-state index in [2.05, 4.69) is 9.72 Å². The largest absolute Gasteiger partial charge is 0.493 e. The quantitative estimate of drug-likeness (QED) is 0.865. The molecule has 0 radical (unpaired) electrons. The number of fused-ring (bicyclic) bond motifs is 1. The topological polar surface area (TPSA) is 77.9 Å². The molecular formula is C14H15NO5. The molecule has 6 nitrogen and oxygen atoms in total. The van der Waals surface area contributed by atoms with Gasteiger partial charge in [-0.2, -0.15) is 0 Å². The number of aromatic nitrogens is 1. The standard InChI is InChI=1S/C14H15NO5/c1-7-8-5-10(18-2)11(19-3)6-9(8)12(13(16)15-7)14(17)20-4/h5-6H,1-4H3,(H,15,16). The van der Waals surface area contributed by atoms with Gasteiger partial charge in [0.25, 0.3) is 0 Å². The summed E-state index contributed by atoms with van der Waals surface area (Å²) in [6, 6.07) is 3.33. The Bertz CT molecular complexity index is 681. The molecule has 6 heteroatoms. The number of carbonyl (C=O) groups excluding carboxylic acids is 1. The number of esters is 1. The van der Waals surface area contributed by atoms with E-state index in [0.29, 0.717) is 28.0 Å². The van der Waals surface area contributed by atoms with Crippen LogP contribution in [0.25, 0.3) is 10.8 Å². The van der Waals surface area contributed by atoms with E-state index in [-0.39, 0.29) is 11.4 Å². The van der Waals surface area contributed by atoms with Gasteiger partial charge in [-0.05, 0) is 19.1 Å². The molecule has 0 amide bonds. The number of aryl methyl sites for hydroxylation is 1. The van der Waals surface area contributed by atoms with E-state index in [0.717, 1.165) is 0 Å². The van der Waals surface area contributed by atoms with Gasteiger partial charge in [-0.1, -0.05) is 0 Å². The van der Waals surface area contributed by atoms with Crippen LogP contribution < -0.4 is 9.47 Å². The number of nitrogens with zero attached hydrogens (tertiary/aromatic N) is 1. The summed E-state index contributed by atoms with van der Waals surface area (Å²) in [6.45, 7) is 1.73. The molecular weight excluding hydrogens is 262 g/mol. The summed E-state index contributed by atoms with van der Waals surface area (Å²) >= 11 is 0. The Morgan fingerprint density at radius 3 is 2.15 bits per heavy atom. The second kappa shape index (κ2) is 5.24. The molecule has 0 aliphatic heterocycles. The molecule has 106 valence electrons. The van der Waals surface area contributed by atoms with Crippen molar-refractivity contribution in [3.63, 3.8) is 0 Å². The average molecular weight is 277 g/mol. The Morgan fingerprint density at radius 2 is 1.65 bits per heavy atom. The lowest BCUT2D eigenvalue weighted by molar-refractivity contribution is 0.0599. The van der Waals surface area contributed by atoms with Gasteiger partial charge in [0.2, 0.25) is 5.88 Å². The number of pyridine rings is 1. The van der Waals surface area contributed by atoms with Crippen LogP contribution in [0.4, 0.5) is 0 Å². The predicted octanol–water partition coefficient (Wildman–Crippen LogP) is 2.05. The predicted molar refractivity (Wildman–Crippen MR) is 72.6 cm³/mol. The van der Waals surface area contributed by atoms with Gasteiger partial charge >= 0.3 is 5.97 Å². The lowest BCUT2D eigenvalue weighted by Crippen LogP contribution is -2.05. The van der Waals surface area contributed by atoms with E-state index in [1.54, 1.807) is 19.1 Å². The molecule has 1 aromatic carbocycles. The van der Waals surface area contributed by atoms with Crippen molar-refractivity contribution >= 4 is 16.7 Å². The van der Waals surface area contributed by atoms with Crippen LogP contribution in [0.2, 0.25) is 0 Å². The third-order valence-corrected chi connectivity index (χ3v) is 3.07. The van der Waals surface area contributed by atoms with Crippen LogP contribution in [0.5, 0.6) is 17.4 Å². The van der Waals surface area contributed by atoms with Crippen LogP contribution in [-0.4, -0.2) is 37.4 Å². The first-order valence-corrected chi connectivity index (χ1v) is 5.87. The van der Waals surface area contributed by atoms with E-state index in [1.165, 1.54) is 21.3 Å². The first kappa shape index (κ1) is 13.9. The SMILES string of the molecule is COC(=O)c1c(O)nc(C)c2cc(OC)c(OC)cc12. The van der Waals surface area contributed by atoms with E-state index in [9.17, 15) is 9.90 Å². The average Bonchev–Trinajstić information content (AvgIpc) is 2.45. The van der Waals surface area contributed by atoms with Crippen molar-refractivity contribution in [3.05, 3.63) is 23.4 Å². The molecule has 0 spiro atoms. The van der Waals surface area contributed by atoms with Crippen LogP contribution >= 0.6 is 0 Å². The highest BCUT2D eigenvalue weighted by Gasteiger charge is 2.21. The summed E-state index contributed by atoms with van der Waals surface area (Å²) in [7, 11) is 4.26. The summed E-state index contributed by atoms with van der Waals surface area (Å²) in [4.78, 5) is 15.8. The Hall–Kier alpha value is -2.50. The number of ether oxygens (including phenoxy) is 3. The van der Waals surface area contributed by atoms with Crippen molar-refractivity contribution in [2.75, 3.05) is 21.3 Å². The Labute approximate surface area is 115 Å². The molecule has 2 rings (SSSR count). The third kappa shape index (κ3) is 2.09. The van der Waals surface area contributed by atoms with Crippen LogP contribution in [-0.2, 0) is 4.74 Å². The monoisotopic (exact) mass is 277 g/mol. The minimum Gasteiger partial charge on any atom is -0.493 e. The summed E-state index contributed by atoms with van der Waals surface area (Å²) in [5.41, 5.74) is 0.583. The third-order valence-electron chi connectivity index (χ3n) is 3.07. The van der Waals surface area contributed by atoms with Crippen LogP contribution in [0.1, 0.15) is 16.1 Å². The minimum absolute atomic E-state index is 0.00838. The number of hydrogen-bond donors (Lipinski definition) is 1. The molecule has 0 atom stereocenters. The fourth-order valence-electron chi connectivity index (χ4n) is 2.08. The van der Waals surface area contributed by atoms with Gasteiger partial charge < -0.3 is 19.3 Å². The number of carbonyl (C=O) groups is 1. The number of benzene rings is 1. The van der Waals surface area contributed by atoms with Gasteiger partial charge in [-0.15, -0.1) is 0 Å². The highest BCUT2D eigenvalue weighted by atomic mass is 16.5. The zero-order chi connectivity index (χ0) is 14.9. The molecule has 2 aromatic rings. The van der Waals surface area contributed by atoms with Gasteiger partial charge in [-0.3, -0.25) is 0 Å². The second-order valence-corrected chi connectivity index (χ2v) is 4.14. The molecule has 1 aromatic heterocycles. The lowest BCUT2D eigenvalue weighted by Gasteiger charge is -2.13. The first-order chi connectivity index (χ1) is 9.53. The molecule has 0 unspecified atom stereocenters. The molecule has 0 aliphatic rings. The molecule has 1 heterocycles. The van der Waals surface area contributed by atoms with Gasteiger partial charge in [0.05, 0.1) is 21.3 Å². The molecule has 0 aliphatic carbocycles. The zero-order valence-electron chi connectivity index (χ0n) is 11.7. The highest BCUT2D eigenvalue weighted by Crippen LogP contribution is 2.37.